The Bertz CT molecular complexity index is 527. The molecule has 0 saturated carbocycles. The molecular formula is C16H16OS. The van der Waals surface area contributed by atoms with E-state index in [4.69, 9.17) is 0 Å². The lowest BCUT2D eigenvalue weighted by Crippen LogP contribution is -2.04. The minimum Gasteiger partial charge on any atom is -0.869 e. The summed E-state index contributed by atoms with van der Waals surface area (Å²) in [5, 5.41) is 13.6. The van der Waals surface area contributed by atoms with Gasteiger partial charge < -0.3 is 5.11 Å². The third kappa shape index (κ3) is 3.17. The van der Waals surface area contributed by atoms with Crippen LogP contribution in [0.25, 0.3) is 16.9 Å². The van der Waals surface area contributed by atoms with Gasteiger partial charge in [0.2, 0.25) is 0 Å². The van der Waals surface area contributed by atoms with E-state index in [2.05, 4.69) is 12.1 Å². The van der Waals surface area contributed by atoms with Gasteiger partial charge in [0.1, 0.15) is 17.9 Å². The van der Waals surface area contributed by atoms with Gasteiger partial charge in [-0.2, -0.15) is 0 Å². The van der Waals surface area contributed by atoms with Crippen molar-refractivity contribution in [3.05, 3.63) is 65.6 Å². The summed E-state index contributed by atoms with van der Waals surface area (Å²) < 4.78 is 0. The van der Waals surface area contributed by atoms with Crippen LogP contribution >= 0.6 is 0 Å². The summed E-state index contributed by atoms with van der Waals surface area (Å²) >= 11 is 0. The Hall–Kier alpha value is -1.67. The van der Waals surface area contributed by atoms with Gasteiger partial charge in [0.25, 0.3) is 0 Å². The van der Waals surface area contributed by atoms with Crippen molar-refractivity contribution < 1.29 is 5.11 Å². The average Bonchev–Trinajstić information content (AvgIpc) is 2.39. The molecule has 2 heteroatoms. The van der Waals surface area contributed by atoms with Gasteiger partial charge in [-0.25, -0.2) is 0 Å². The maximum Gasteiger partial charge on any atom is 0.111 e. The Labute approximate surface area is 111 Å². The number of hydrogen-bond acceptors (Lipinski definition) is 1. The van der Waals surface area contributed by atoms with Crippen molar-refractivity contribution in [3.8, 4) is 11.1 Å². The second-order valence-electron chi connectivity index (χ2n) is 4.31. The van der Waals surface area contributed by atoms with Crippen LogP contribution in [-0.4, -0.2) is 12.5 Å². The summed E-state index contributed by atoms with van der Waals surface area (Å²) in [4.78, 5) is 0. The molecule has 0 spiro atoms. The smallest absolute Gasteiger partial charge is 0.111 e. The van der Waals surface area contributed by atoms with Gasteiger partial charge in [0.05, 0.1) is 0 Å². The highest BCUT2D eigenvalue weighted by atomic mass is 32.2. The zero-order chi connectivity index (χ0) is 13.0. The molecule has 0 aromatic heterocycles. The lowest BCUT2D eigenvalue weighted by atomic mass is 10.0. The monoisotopic (exact) mass is 256 g/mol. The largest absolute Gasteiger partial charge is 0.869 e. The zero-order valence-corrected chi connectivity index (χ0v) is 11.4. The van der Waals surface area contributed by atoms with E-state index in [0.29, 0.717) is 0 Å². The summed E-state index contributed by atoms with van der Waals surface area (Å²) in [6.45, 7) is 0. The Balaban J connectivity index is 2.26. The second-order valence-corrected chi connectivity index (χ2v) is 6.30. The van der Waals surface area contributed by atoms with Crippen LogP contribution in [0.3, 0.4) is 0 Å². The molecule has 0 unspecified atom stereocenters. The van der Waals surface area contributed by atoms with Gasteiger partial charge in [-0.1, -0.05) is 60.4 Å². The molecule has 0 aliphatic carbocycles. The minimum absolute atomic E-state index is 0.0380. The molecule has 0 atom stereocenters. The van der Waals surface area contributed by atoms with E-state index in [1.54, 1.807) is 5.41 Å². The number of hydrogen-bond donors (Lipinski definition) is 0. The molecule has 2 aromatic rings. The first-order chi connectivity index (χ1) is 8.66. The van der Waals surface area contributed by atoms with Crippen LogP contribution in [0.1, 0.15) is 5.56 Å². The first-order valence-corrected chi connectivity index (χ1v) is 7.88. The molecule has 0 fully saturated rings. The quantitative estimate of drug-likeness (QED) is 0.611. The van der Waals surface area contributed by atoms with Crippen LogP contribution in [0.5, 0.6) is 0 Å². The Kier molecular flexibility index (Phi) is 4.11. The van der Waals surface area contributed by atoms with Crippen LogP contribution in [0.2, 0.25) is 0 Å². The molecule has 0 saturated heterocycles. The molecule has 0 N–H and O–H groups in total. The van der Waals surface area contributed by atoms with Gasteiger partial charge in [0.15, 0.2) is 0 Å². The SMILES string of the molecule is C[S+](C)/C=C(\[O-])c1ccc(-c2ccccc2)cc1. The normalized spacial score (nSPS) is 11.8. The van der Waals surface area contributed by atoms with Crippen molar-refractivity contribution >= 4 is 16.7 Å². The molecule has 2 aromatic carbocycles. The van der Waals surface area contributed by atoms with Crippen molar-refractivity contribution in [1.82, 2.24) is 0 Å². The summed E-state index contributed by atoms with van der Waals surface area (Å²) in [6, 6.07) is 18.0. The number of rotatable bonds is 3. The zero-order valence-electron chi connectivity index (χ0n) is 10.6. The van der Waals surface area contributed by atoms with Crippen LogP contribution in [-0.2, 0) is 10.9 Å². The highest BCUT2D eigenvalue weighted by Gasteiger charge is 2.00. The van der Waals surface area contributed by atoms with E-state index in [1.807, 2.05) is 55.0 Å². The molecule has 0 bridgehead atoms. The molecule has 1 nitrogen and oxygen atoms in total. The van der Waals surface area contributed by atoms with Gasteiger partial charge in [0, 0.05) is 10.9 Å². The van der Waals surface area contributed by atoms with E-state index in [9.17, 15) is 5.11 Å². The fraction of sp³-hybridized carbons (Fsp3) is 0.125. The van der Waals surface area contributed by atoms with Crippen molar-refractivity contribution in [1.29, 1.82) is 0 Å². The minimum atomic E-state index is 0.0380. The van der Waals surface area contributed by atoms with Gasteiger partial charge >= 0.3 is 0 Å². The third-order valence-corrected chi connectivity index (χ3v) is 3.30. The molecule has 0 aliphatic heterocycles. The molecule has 0 aliphatic rings. The van der Waals surface area contributed by atoms with Crippen LogP contribution in [0.15, 0.2) is 60.0 Å². The standard InChI is InChI=1S/C16H16OS/c1-18(2)12-16(17)15-10-8-14(9-11-15)13-6-4-3-5-7-13/h3-12H,1-2H3/b16-12-. The van der Waals surface area contributed by atoms with Crippen molar-refractivity contribution in [2.75, 3.05) is 12.5 Å². The van der Waals surface area contributed by atoms with E-state index >= 15 is 0 Å². The Morgan fingerprint density at radius 1 is 0.889 bits per heavy atom. The topological polar surface area (TPSA) is 23.1 Å². The Morgan fingerprint density at radius 2 is 1.44 bits per heavy atom. The van der Waals surface area contributed by atoms with Gasteiger partial charge in [-0.15, -0.1) is 0 Å². The van der Waals surface area contributed by atoms with Crippen LogP contribution in [0.4, 0.5) is 0 Å². The maximum atomic E-state index is 11.9. The third-order valence-electron chi connectivity index (χ3n) is 2.62. The summed E-state index contributed by atoms with van der Waals surface area (Å²) in [5.74, 6) is 0.114. The maximum absolute atomic E-state index is 11.9. The van der Waals surface area contributed by atoms with E-state index < -0.39 is 0 Å². The van der Waals surface area contributed by atoms with Crippen molar-refractivity contribution in [2.24, 2.45) is 0 Å². The summed E-state index contributed by atoms with van der Waals surface area (Å²) in [7, 11) is 0.0380. The van der Waals surface area contributed by atoms with E-state index in [0.717, 1.165) is 11.1 Å². The summed E-state index contributed by atoms with van der Waals surface area (Å²) in [6.07, 6.45) is 4.08. The molecule has 18 heavy (non-hydrogen) atoms. The van der Waals surface area contributed by atoms with Crippen molar-refractivity contribution in [2.45, 2.75) is 0 Å². The van der Waals surface area contributed by atoms with Crippen LogP contribution < -0.4 is 5.11 Å². The molecule has 0 radical (unpaired) electrons. The van der Waals surface area contributed by atoms with Gasteiger partial charge in [-0.3, -0.25) is 0 Å². The highest BCUT2D eigenvalue weighted by molar-refractivity contribution is 7.98. The summed E-state index contributed by atoms with van der Waals surface area (Å²) in [5.41, 5.74) is 3.07. The number of benzene rings is 2. The fourth-order valence-electron chi connectivity index (χ4n) is 1.74. The lowest BCUT2D eigenvalue weighted by molar-refractivity contribution is -0.243. The predicted octanol–water partition coefficient (Wildman–Crippen LogP) is 2.89. The lowest BCUT2D eigenvalue weighted by Gasteiger charge is -2.11. The van der Waals surface area contributed by atoms with E-state index in [1.165, 1.54) is 5.56 Å². The fourth-order valence-corrected chi connectivity index (χ4v) is 2.30. The first-order valence-electron chi connectivity index (χ1n) is 5.78. The first kappa shape index (κ1) is 12.8. The molecule has 2 rings (SSSR count). The Morgan fingerprint density at radius 3 is 2.00 bits per heavy atom. The van der Waals surface area contributed by atoms with Gasteiger partial charge in [-0.05, 0) is 16.7 Å². The molecule has 92 valence electrons. The highest BCUT2D eigenvalue weighted by Crippen LogP contribution is 2.20. The second kappa shape index (κ2) is 5.78. The molecule has 0 heterocycles. The molecular weight excluding hydrogens is 240 g/mol. The van der Waals surface area contributed by atoms with Crippen molar-refractivity contribution in [3.63, 3.8) is 0 Å². The average molecular weight is 256 g/mol. The van der Waals surface area contributed by atoms with Crippen LogP contribution in [0, 0.1) is 0 Å². The predicted molar refractivity (Wildman–Crippen MR) is 79.1 cm³/mol. The van der Waals surface area contributed by atoms with E-state index in [-0.39, 0.29) is 16.7 Å². The molecule has 0 amide bonds.